The molecule has 0 fully saturated rings. The molecule has 0 saturated carbocycles. The first-order valence-corrected chi connectivity index (χ1v) is 9.09. The van der Waals surface area contributed by atoms with Crippen LogP contribution in [0.15, 0.2) is 42.5 Å². The lowest BCUT2D eigenvalue weighted by Crippen LogP contribution is -2.39. The van der Waals surface area contributed by atoms with E-state index in [1.165, 1.54) is 6.07 Å². The fraction of sp³-hybridized carbons (Fsp3) is 0.300. The van der Waals surface area contributed by atoms with E-state index in [9.17, 15) is 22.8 Å². The monoisotopic (exact) mass is 427 g/mol. The minimum Gasteiger partial charge on any atom is -0.355 e. The Labute approximate surface area is 171 Å². The molecule has 0 spiro atoms. The molecule has 0 aliphatic rings. The largest absolute Gasteiger partial charge is 0.417 e. The van der Waals surface area contributed by atoms with Gasteiger partial charge in [0, 0.05) is 24.8 Å². The molecule has 2 aromatic rings. The summed E-state index contributed by atoms with van der Waals surface area (Å²) in [5, 5.41) is 4.59. The van der Waals surface area contributed by atoms with Crippen LogP contribution in [-0.4, -0.2) is 36.9 Å². The van der Waals surface area contributed by atoms with Crippen molar-refractivity contribution in [2.45, 2.75) is 25.7 Å². The van der Waals surface area contributed by atoms with Gasteiger partial charge in [-0.05, 0) is 49.9 Å². The summed E-state index contributed by atoms with van der Waals surface area (Å²) in [6.45, 7) is 2.06. The summed E-state index contributed by atoms with van der Waals surface area (Å²) in [5.41, 5.74) is 0.412. The van der Waals surface area contributed by atoms with Crippen molar-refractivity contribution in [3.05, 3.63) is 64.2 Å². The van der Waals surface area contributed by atoms with Gasteiger partial charge in [-0.3, -0.25) is 14.5 Å². The van der Waals surface area contributed by atoms with Crippen LogP contribution in [-0.2, 0) is 17.5 Å². The smallest absolute Gasteiger partial charge is 0.355 e. The standard InChI is InChI=1S/C20H21ClF3N3O2/c1-12(27(3)11-13-4-6-14(7-5-13)19(29)25-2)18(28)26-15-8-9-17(21)16(10-15)20(22,23)24/h4-10,12H,11H2,1-3H3,(H,25,29)(H,26,28). The number of anilines is 1. The lowest BCUT2D eigenvalue weighted by molar-refractivity contribution is -0.137. The van der Waals surface area contributed by atoms with Crippen LogP contribution in [0.3, 0.4) is 0 Å². The van der Waals surface area contributed by atoms with E-state index >= 15 is 0 Å². The zero-order valence-electron chi connectivity index (χ0n) is 16.1. The van der Waals surface area contributed by atoms with Gasteiger partial charge in [0.2, 0.25) is 5.91 Å². The molecule has 0 heterocycles. The normalized spacial score (nSPS) is 12.6. The summed E-state index contributed by atoms with van der Waals surface area (Å²) in [4.78, 5) is 25.8. The van der Waals surface area contributed by atoms with E-state index in [1.807, 2.05) is 0 Å². The van der Waals surface area contributed by atoms with E-state index in [4.69, 9.17) is 11.6 Å². The first kappa shape index (κ1) is 22.7. The number of alkyl halides is 3. The maximum atomic E-state index is 13.0. The molecule has 2 aromatic carbocycles. The van der Waals surface area contributed by atoms with E-state index in [2.05, 4.69) is 10.6 Å². The number of nitrogens with one attached hydrogen (secondary N) is 2. The molecule has 1 atom stereocenters. The van der Waals surface area contributed by atoms with Crippen molar-refractivity contribution >= 4 is 29.1 Å². The number of carbonyl (C=O) groups excluding carboxylic acids is 2. The lowest BCUT2D eigenvalue weighted by atomic mass is 10.1. The third-order valence-corrected chi connectivity index (χ3v) is 4.78. The molecule has 0 aliphatic carbocycles. The average molecular weight is 428 g/mol. The Kier molecular flexibility index (Phi) is 7.26. The fourth-order valence-electron chi connectivity index (χ4n) is 2.60. The van der Waals surface area contributed by atoms with E-state index in [1.54, 1.807) is 50.2 Å². The van der Waals surface area contributed by atoms with Crippen molar-refractivity contribution < 1.29 is 22.8 Å². The third kappa shape index (κ3) is 5.95. The Morgan fingerprint density at radius 3 is 2.31 bits per heavy atom. The summed E-state index contributed by atoms with van der Waals surface area (Å²) < 4.78 is 38.9. The predicted octanol–water partition coefficient (Wildman–Crippen LogP) is 4.18. The Morgan fingerprint density at radius 1 is 1.14 bits per heavy atom. The highest BCUT2D eigenvalue weighted by atomic mass is 35.5. The molecule has 1 unspecified atom stereocenters. The molecule has 2 N–H and O–H groups in total. The van der Waals surface area contributed by atoms with Crippen LogP contribution in [0, 0.1) is 0 Å². The lowest BCUT2D eigenvalue weighted by Gasteiger charge is -2.24. The van der Waals surface area contributed by atoms with Gasteiger partial charge in [-0.15, -0.1) is 0 Å². The van der Waals surface area contributed by atoms with Crippen LogP contribution < -0.4 is 10.6 Å². The second kappa shape index (κ2) is 9.28. The number of amides is 2. The minimum absolute atomic E-state index is 0.0157. The van der Waals surface area contributed by atoms with Crippen LogP contribution in [0.5, 0.6) is 0 Å². The first-order valence-electron chi connectivity index (χ1n) is 8.71. The highest BCUT2D eigenvalue weighted by Gasteiger charge is 2.33. The van der Waals surface area contributed by atoms with E-state index in [-0.39, 0.29) is 11.6 Å². The zero-order valence-corrected chi connectivity index (χ0v) is 16.9. The van der Waals surface area contributed by atoms with Gasteiger partial charge in [-0.25, -0.2) is 0 Å². The van der Waals surface area contributed by atoms with Gasteiger partial charge >= 0.3 is 6.18 Å². The topological polar surface area (TPSA) is 61.4 Å². The molecule has 2 amide bonds. The first-order chi connectivity index (χ1) is 13.5. The van der Waals surface area contributed by atoms with Gasteiger partial charge < -0.3 is 10.6 Å². The molecule has 0 aromatic heterocycles. The van der Waals surface area contributed by atoms with Gasteiger partial charge in [0.05, 0.1) is 16.6 Å². The van der Waals surface area contributed by atoms with Crippen LogP contribution in [0.1, 0.15) is 28.4 Å². The molecule has 156 valence electrons. The molecular weight excluding hydrogens is 407 g/mol. The molecule has 9 heteroatoms. The SMILES string of the molecule is CNC(=O)c1ccc(CN(C)C(C)C(=O)Nc2ccc(Cl)c(C(F)(F)F)c2)cc1. The summed E-state index contributed by atoms with van der Waals surface area (Å²) in [6.07, 6.45) is -4.61. The van der Waals surface area contributed by atoms with E-state index in [0.717, 1.165) is 17.7 Å². The predicted molar refractivity (Wildman–Crippen MR) is 106 cm³/mol. The van der Waals surface area contributed by atoms with Gasteiger partial charge in [-0.1, -0.05) is 23.7 Å². The average Bonchev–Trinajstić information content (AvgIpc) is 2.67. The number of benzene rings is 2. The molecule has 29 heavy (non-hydrogen) atoms. The van der Waals surface area contributed by atoms with Gasteiger partial charge in [0.15, 0.2) is 0 Å². The Bertz CT molecular complexity index is 886. The minimum atomic E-state index is -4.61. The number of likely N-dealkylation sites (N-methyl/N-ethyl adjacent to an activating group) is 1. The van der Waals surface area contributed by atoms with Crippen molar-refractivity contribution in [1.82, 2.24) is 10.2 Å². The van der Waals surface area contributed by atoms with Crippen LogP contribution in [0.2, 0.25) is 5.02 Å². The summed E-state index contributed by atoms with van der Waals surface area (Å²) in [5.74, 6) is -0.649. The number of nitrogens with zero attached hydrogens (tertiary/aromatic N) is 1. The van der Waals surface area contributed by atoms with Gasteiger partial charge in [0.1, 0.15) is 0 Å². The Hall–Kier alpha value is -2.58. The Balaban J connectivity index is 2.03. The number of hydrogen-bond donors (Lipinski definition) is 2. The quantitative estimate of drug-likeness (QED) is 0.727. The molecule has 0 radical (unpaired) electrons. The second-order valence-corrected chi connectivity index (χ2v) is 6.96. The molecular formula is C20H21ClF3N3O2. The number of rotatable bonds is 6. The van der Waals surface area contributed by atoms with E-state index < -0.39 is 28.7 Å². The maximum absolute atomic E-state index is 13.0. The molecule has 0 bridgehead atoms. The van der Waals surface area contributed by atoms with Crippen molar-refractivity contribution in [3.8, 4) is 0 Å². The molecule has 5 nitrogen and oxygen atoms in total. The number of hydrogen-bond acceptors (Lipinski definition) is 3. The van der Waals surface area contributed by atoms with Gasteiger partial charge in [-0.2, -0.15) is 13.2 Å². The molecule has 0 aliphatic heterocycles. The zero-order chi connectivity index (χ0) is 21.8. The number of halogens is 4. The van der Waals surface area contributed by atoms with Crippen LogP contribution >= 0.6 is 11.6 Å². The second-order valence-electron chi connectivity index (χ2n) is 6.55. The van der Waals surface area contributed by atoms with Crippen molar-refractivity contribution in [2.24, 2.45) is 0 Å². The third-order valence-electron chi connectivity index (χ3n) is 4.46. The summed E-state index contributed by atoms with van der Waals surface area (Å²) in [6, 6.07) is 9.53. The highest BCUT2D eigenvalue weighted by molar-refractivity contribution is 6.31. The Morgan fingerprint density at radius 2 is 1.76 bits per heavy atom. The maximum Gasteiger partial charge on any atom is 0.417 e. The van der Waals surface area contributed by atoms with Crippen LogP contribution in [0.25, 0.3) is 0 Å². The fourth-order valence-corrected chi connectivity index (χ4v) is 2.82. The summed E-state index contributed by atoms with van der Waals surface area (Å²) >= 11 is 5.59. The highest BCUT2D eigenvalue weighted by Crippen LogP contribution is 2.36. The van der Waals surface area contributed by atoms with Crippen molar-refractivity contribution in [1.29, 1.82) is 0 Å². The van der Waals surface area contributed by atoms with Crippen molar-refractivity contribution in [3.63, 3.8) is 0 Å². The van der Waals surface area contributed by atoms with Crippen molar-refractivity contribution in [2.75, 3.05) is 19.4 Å². The number of carbonyl (C=O) groups is 2. The van der Waals surface area contributed by atoms with E-state index in [0.29, 0.717) is 12.1 Å². The summed E-state index contributed by atoms with van der Waals surface area (Å²) in [7, 11) is 3.27. The van der Waals surface area contributed by atoms with Crippen LogP contribution in [0.4, 0.5) is 18.9 Å². The molecule has 0 saturated heterocycles. The molecule has 2 rings (SSSR count). The van der Waals surface area contributed by atoms with Gasteiger partial charge in [0.25, 0.3) is 5.91 Å².